The molecule has 0 unspecified atom stereocenters. The summed E-state index contributed by atoms with van der Waals surface area (Å²) in [5, 5.41) is 3.51. The van der Waals surface area contributed by atoms with E-state index in [-0.39, 0.29) is 12.5 Å². The van der Waals surface area contributed by atoms with Gasteiger partial charge in [0.05, 0.1) is 5.69 Å². The molecule has 5 heteroatoms. The van der Waals surface area contributed by atoms with Crippen LogP contribution < -0.4 is 10.1 Å². The van der Waals surface area contributed by atoms with Gasteiger partial charge in [0.1, 0.15) is 5.75 Å². The molecule has 0 aliphatic heterocycles. The van der Waals surface area contributed by atoms with Gasteiger partial charge in [-0.15, -0.1) is 11.3 Å². The first-order valence-electron chi connectivity index (χ1n) is 7.11. The summed E-state index contributed by atoms with van der Waals surface area (Å²) in [4.78, 5) is 17.7. The summed E-state index contributed by atoms with van der Waals surface area (Å²) in [7, 11) is 0. The lowest BCUT2D eigenvalue weighted by Crippen LogP contribution is -2.20. The van der Waals surface area contributed by atoms with E-state index in [9.17, 15) is 4.79 Å². The van der Waals surface area contributed by atoms with Crippen molar-refractivity contribution < 1.29 is 9.53 Å². The molecule has 0 saturated heterocycles. The molecule has 110 valence electrons. The minimum atomic E-state index is -0.162. The number of ether oxygens (including phenoxy) is 1. The summed E-state index contributed by atoms with van der Waals surface area (Å²) in [6.45, 7) is 3.97. The zero-order valence-electron chi connectivity index (χ0n) is 12.2. The van der Waals surface area contributed by atoms with Gasteiger partial charge in [0.15, 0.2) is 11.7 Å². The maximum atomic E-state index is 12.0. The minimum Gasteiger partial charge on any atom is -0.483 e. The zero-order valence-corrected chi connectivity index (χ0v) is 13.0. The van der Waals surface area contributed by atoms with Crippen molar-refractivity contribution in [1.29, 1.82) is 0 Å². The predicted molar refractivity (Wildman–Crippen MR) is 84.2 cm³/mol. The van der Waals surface area contributed by atoms with Crippen LogP contribution in [0.4, 0.5) is 5.13 Å². The molecule has 1 aromatic heterocycles. The smallest absolute Gasteiger partial charge is 0.264 e. The van der Waals surface area contributed by atoms with Crippen LogP contribution in [0.5, 0.6) is 5.75 Å². The number of hydrogen-bond donors (Lipinski definition) is 1. The van der Waals surface area contributed by atoms with E-state index in [1.807, 2.05) is 32.0 Å². The van der Waals surface area contributed by atoms with Crippen molar-refractivity contribution in [2.75, 3.05) is 11.9 Å². The van der Waals surface area contributed by atoms with Crippen molar-refractivity contribution in [3.05, 3.63) is 39.9 Å². The summed E-state index contributed by atoms with van der Waals surface area (Å²) in [6, 6.07) is 5.94. The molecule has 1 aromatic carbocycles. The van der Waals surface area contributed by atoms with Crippen LogP contribution in [-0.4, -0.2) is 17.5 Å². The largest absolute Gasteiger partial charge is 0.483 e. The number of fused-ring (bicyclic) bond motifs is 1. The van der Waals surface area contributed by atoms with Gasteiger partial charge in [-0.05, 0) is 44.2 Å². The summed E-state index contributed by atoms with van der Waals surface area (Å²) >= 11 is 1.58. The third-order valence-electron chi connectivity index (χ3n) is 3.60. The van der Waals surface area contributed by atoms with Crippen LogP contribution in [0, 0.1) is 13.8 Å². The first-order chi connectivity index (χ1) is 10.1. The Hall–Kier alpha value is -1.88. The highest BCUT2D eigenvalue weighted by molar-refractivity contribution is 7.15. The number of hydrogen-bond acceptors (Lipinski definition) is 4. The van der Waals surface area contributed by atoms with Gasteiger partial charge < -0.3 is 4.74 Å². The second-order valence-electron chi connectivity index (χ2n) is 5.30. The Labute approximate surface area is 128 Å². The maximum absolute atomic E-state index is 12.0. The number of para-hydroxylation sites is 1. The van der Waals surface area contributed by atoms with E-state index in [1.54, 1.807) is 11.3 Å². The Morgan fingerprint density at radius 2 is 2.10 bits per heavy atom. The third kappa shape index (κ3) is 3.08. The molecule has 3 rings (SSSR count). The second kappa shape index (κ2) is 5.85. The fourth-order valence-electron chi connectivity index (χ4n) is 2.56. The minimum absolute atomic E-state index is 0.00986. The fourth-order valence-corrected chi connectivity index (χ4v) is 3.63. The Morgan fingerprint density at radius 3 is 2.81 bits per heavy atom. The van der Waals surface area contributed by atoms with E-state index in [2.05, 4.69) is 10.3 Å². The molecule has 0 spiro atoms. The molecule has 1 heterocycles. The molecule has 0 radical (unpaired) electrons. The molecule has 0 bridgehead atoms. The standard InChI is InChI=1S/C16H18N2O2S/c1-10-5-3-6-11(2)15(10)20-9-14(19)18-16-17-12-7-4-8-13(12)21-16/h3,5-6H,4,7-9H2,1-2H3,(H,17,18,19). The van der Waals surface area contributed by atoms with Crippen molar-refractivity contribution in [2.45, 2.75) is 33.1 Å². The summed E-state index contributed by atoms with van der Waals surface area (Å²) < 4.78 is 5.64. The molecule has 4 nitrogen and oxygen atoms in total. The summed E-state index contributed by atoms with van der Waals surface area (Å²) in [6.07, 6.45) is 3.29. The van der Waals surface area contributed by atoms with Gasteiger partial charge in [-0.2, -0.15) is 0 Å². The lowest BCUT2D eigenvalue weighted by molar-refractivity contribution is -0.118. The van der Waals surface area contributed by atoms with Crippen LogP contribution in [0.25, 0.3) is 0 Å². The van der Waals surface area contributed by atoms with E-state index in [0.717, 1.165) is 35.4 Å². The molecule has 0 saturated carbocycles. The topological polar surface area (TPSA) is 51.2 Å². The number of rotatable bonds is 4. The van der Waals surface area contributed by atoms with Gasteiger partial charge in [0, 0.05) is 4.88 Å². The number of nitrogens with zero attached hydrogens (tertiary/aromatic N) is 1. The van der Waals surface area contributed by atoms with E-state index in [4.69, 9.17) is 4.74 Å². The predicted octanol–water partition coefficient (Wildman–Crippen LogP) is 3.27. The Morgan fingerprint density at radius 1 is 1.33 bits per heavy atom. The van der Waals surface area contributed by atoms with Crippen LogP contribution in [0.2, 0.25) is 0 Å². The van der Waals surface area contributed by atoms with Gasteiger partial charge in [-0.3, -0.25) is 10.1 Å². The number of aromatic nitrogens is 1. The number of amides is 1. The lowest BCUT2D eigenvalue weighted by Gasteiger charge is -2.11. The highest BCUT2D eigenvalue weighted by atomic mass is 32.1. The molecule has 0 fully saturated rings. The number of nitrogens with one attached hydrogen (secondary N) is 1. The Balaban J connectivity index is 1.59. The van der Waals surface area contributed by atoms with Crippen molar-refractivity contribution in [3.63, 3.8) is 0 Å². The first-order valence-corrected chi connectivity index (χ1v) is 7.92. The molecule has 1 aliphatic carbocycles. The van der Waals surface area contributed by atoms with Crippen molar-refractivity contribution in [1.82, 2.24) is 4.98 Å². The highest BCUT2D eigenvalue weighted by Gasteiger charge is 2.18. The van der Waals surface area contributed by atoms with E-state index >= 15 is 0 Å². The molecule has 1 aliphatic rings. The van der Waals surface area contributed by atoms with Crippen LogP contribution in [0.15, 0.2) is 18.2 Å². The number of benzene rings is 1. The van der Waals surface area contributed by atoms with Crippen LogP contribution in [-0.2, 0) is 17.6 Å². The monoisotopic (exact) mass is 302 g/mol. The molecule has 1 N–H and O–H groups in total. The Kier molecular flexibility index (Phi) is 3.92. The normalized spacial score (nSPS) is 13.0. The van der Waals surface area contributed by atoms with Gasteiger partial charge in [-0.25, -0.2) is 4.98 Å². The number of carbonyl (C=O) groups is 1. The number of carbonyl (C=O) groups excluding carboxylic acids is 1. The number of anilines is 1. The van der Waals surface area contributed by atoms with Crippen LogP contribution >= 0.6 is 11.3 Å². The average Bonchev–Trinajstić information content (AvgIpc) is 2.99. The summed E-state index contributed by atoms with van der Waals surface area (Å²) in [5.41, 5.74) is 3.22. The van der Waals surface area contributed by atoms with Crippen molar-refractivity contribution in [2.24, 2.45) is 0 Å². The third-order valence-corrected chi connectivity index (χ3v) is 4.67. The van der Waals surface area contributed by atoms with Crippen molar-refractivity contribution in [3.8, 4) is 5.75 Å². The molecule has 1 amide bonds. The van der Waals surface area contributed by atoms with Gasteiger partial charge in [-0.1, -0.05) is 18.2 Å². The maximum Gasteiger partial charge on any atom is 0.264 e. The fraction of sp³-hybridized carbons (Fsp3) is 0.375. The highest BCUT2D eigenvalue weighted by Crippen LogP contribution is 2.30. The quantitative estimate of drug-likeness (QED) is 0.943. The first kappa shape index (κ1) is 14.1. The lowest BCUT2D eigenvalue weighted by atomic mass is 10.1. The molecule has 2 aromatic rings. The molecular formula is C16H18N2O2S. The molecule has 0 atom stereocenters. The average molecular weight is 302 g/mol. The van der Waals surface area contributed by atoms with Crippen molar-refractivity contribution >= 4 is 22.4 Å². The Bertz CT molecular complexity index is 637. The van der Waals surface area contributed by atoms with Crippen LogP contribution in [0.3, 0.4) is 0 Å². The van der Waals surface area contributed by atoms with Gasteiger partial charge in [0.2, 0.25) is 0 Å². The molecular weight excluding hydrogens is 284 g/mol. The number of aryl methyl sites for hydroxylation is 4. The number of thiazole rings is 1. The molecule has 21 heavy (non-hydrogen) atoms. The second-order valence-corrected chi connectivity index (χ2v) is 6.38. The zero-order chi connectivity index (χ0) is 14.8. The van der Waals surface area contributed by atoms with E-state index in [1.165, 1.54) is 11.3 Å². The summed E-state index contributed by atoms with van der Waals surface area (Å²) in [5.74, 6) is 0.624. The van der Waals surface area contributed by atoms with E-state index < -0.39 is 0 Å². The van der Waals surface area contributed by atoms with E-state index in [0.29, 0.717) is 5.13 Å². The van der Waals surface area contributed by atoms with Gasteiger partial charge >= 0.3 is 0 Å². The van der Waals surface area contributed by atoms with Gasteiger partial charge in [0.25, 0.3) is 5.91 Å². The van der Waals surface area contributed by atoms with Crippen LogP contribution in [0.1, 0.15) is 28.1 Å². The SMILES string of the molecule is Cc1cccc(C)c1OCC(=O)Nc1nc2c(s1)CCC2.